The Bertz CT molecular complexity index is 1310. The third-order valence-corrected chi connectivity index (χ3v) is 6.92. The lowest BCUT2D eigenvalue weighted by Crippen LogP contribution is -2.51. The molecule has 0 unspecified atom stereocenters. The zero-order valence-electron chi connectivity index (χ0n) is 22.6. The van der Waals surface area contributed by atoms with E-state index >= 15 is 0 Å². The van der Waals surface area contributed by atoms with Crippen LogP contribution < -0.4 is 20.7 Å². The van der Waals surface area contributed by atoms with Gasteiger partial charge in [0.2, 0.25) is 5.91 Å². The van der Waals surface area contributed by atoms with Crippen LogP contribution in [0.4, 0.5) is 23.2 Å². The van der Waals surface area contributed by atoms with Crippen LogP contribution in [0.15, 0.2) is 60.9 Å². The SMILES string of the molecule is C[C@@H](CNc1ccc(OC(F)(F)F)cc1)NC(=O)[C@H](CC1CCCCC1)NC(=O)c1cnn(-c2cccc(F)c2)c1. The van der Waals surface area contributed by atoms with E-state index < -0.39 is 24.1 Å². The Hall–Kier alpha value is -4.09. The first-order valence-corrected chi connectivity index (χ1v) is 13.6. The number of ether oxygens (including phenoxy) is 1. The molecule has 4 rings (SSSR count). The largest absolute Gasteiger partial charge is 0.573 e. The maximum Gasteiger partial charge on any atom is 0.573 e. The lowest BCUT2D eigenvalue weighted by Gasteiger charge is -2.27. The second kappa shape index (κ2) is 13.5. The summed E-state index contributed by atoms with van der Waals surface area (Å²) in [5.74, 6) is -1.24. The van der Waals surface area contributed by atoms with Crippen molar-refractivity contribution in [2.24, 2.45) is 5.92 Å². The molecule has 41 heavy (non-hydrogen) atoms. The molecule has 0 spiro atoms. The number of hydrogen-bond donors (Lipinski definition) is 3. The molecule has 2 aromatic carbocycles. The number of hydrogen-bond acceptors (Lipinski definition) is 5. The fraction of sp³-hybridized carbons (Fsp3) is 0.414. The Morgan fingerprint density at radius 2 is 1.80 bits per heavy atom. The molecule has 1 fully saturated rings. The Balaban J connectivity index is 1.36. The zero-order chi connectivity index (χ0) is 29.4. The number of rotatable bonds is 11. The van der Waals surface area contributed by atoms with Gasteiger partial charge in [0, 0.05) is 24.5 Å². The van der Waals surface area contributed by atoms with Gasteiger partial charge in [0.25, 0.3) is 5.91 Å². The van der Waals surface area contributed by atoms with Gasteiger partial charge in [0.15, 0.2) is 0 Å². The average molecular weight is 576 g/mol. The van der Waals surface area contributed by atoms with E-state index in [1.165, 1.54) is 53.5 Å². The molecule has 0 bridgehead atoms. The van der Waals surface area contributed by atoms with Crippen molar-refractivity contribution in [3.05, 3.63) is 72.3 Å². The summed E-state index contributed by atoms with van der Waals surface area (Å²) in [5.41, 5.74) is 1.26. The van der Waals surface area contributed by atoms with Gasteiger partial charge in [-0.3, -0.25) is 9.59 Å². The highest BCUT2D eigenvalue weighted by Gasteiger charge is 2.31. The van der Waals surface area contributed by atoms with Crippen molar-refractivity contribution in [2.45, 2.75) is 63.9 Å². The van der Waals surface area contributed by atoms with E-state index in [-0.39, 0.29) is 23.3 Å². The third kappa shape index (κ3) is 9.22. The first kappa shape index (κ1) is 29.9. The van der Waals surface area contributed by atoms with Crippen molar-refractivity contribution in [2.75, 3.05) is 11.9 Å². The van der Waals surface area contributed by atoms with Gasteiger partial charge >= 0.3 is 6.36 Å². The molecule has 220 valence electrons. The van der Waals surface area contributed by atoms with Gasteiger partial charge in [-0.25, -0.2) is 9.07 Å². The topological polar surface area (TPSA) is 97.3 Å². The van der Waals surface area contributed by atoms with E-state index in [2.05, 4.69) is 25.8 Å². The Morgan fingerprint density at radius 3 is 2.49 bits per heavy atom. The number of aromatic nitrogens is 2. The van der Waals surface area contributed by atoms with Gasteiger partial charge in [-0.2, -0.15) is 5.10 Å². The number of anilines is 1. The van der Waals surface area contributed by atoms with Gasteiger partial charge in [0.05, 0.1) is 17.4 Å². The van der Waals surface area contributed by atoms with Crippen LogP contribution in [0.3, 0.4) is 0 Å². The number of nitrogens with zero attached hydrogens (tertiary/aromatic N) is 2. The molecule has 3 aromatic rings. The highest BCUT2D eigenvalue weighted by molar-refractivity contribution is 5.97. The van der Waals surface area contributed by atoms with Crippen LogP contribution in [0.25, 0.3) is 5.69 Å². The molecular weight excluding hydrogens is 542 g/mol. The number of alkyl halides is 3. The minimum Gasteiger partial charge on any atom is -0.406 e. The van der Waals surface area contributed by atoms with E-state index in [0.717, 1.165) is 32.1 Å². The van der Waals surface area contributed by atoms with Crippen LogP contribution in [-0.4, -0.2) is 46.6 Å². The summed E-state index contributed by atoms with van der Waals surface area (Å²) >= 11 is 0. The molecule has 2 amide bonds. The normalized spacial score (nSPS) is 15.5. The van der Waals surface area contributed by atoms with Crippen LogP contribution >= 0.6 is 0 Å². The van der Waals surface area contributed by atoms with Crippen LogP contribution in [0.2, 0.25) is 0 Å². The van der Waals surface area contributed by atoms with Gasteiger partial charge in [0.1, 0.15) is 17.6 Å². The molecule has 3 N–H and O–H groups in total. The summed E-state index contributed by atoms with van der Waals surface area (Å²) in [4.78, 5) is 26.4. The molecular formula is C29H33F4N5O3. The third-order valence-electron chi connectivity index (χ3n) is 6.92. The molecule has 2 atom stereocenters. The molecule has 1 aliphatic rings. The number of carbonyl (C=O) groups is 2. The molecule has 1 aliphatic carbocycles. The van der Waals surface area contributed by atoms with Crippen molar-refractivity contribution in [1.29, 1.82) is 0 Å². The average Bonchev–Trinajstić information content (AvgIpc) is 3.43. The predicted molar refractivity (Wildman–Crippen MR) is 145 cm³/mol. The van der Waals surface area contributed by atoms with Crippen molar-refractivity contribution >= 4 is 17.5 Å². The Morgan fingerprint density at radius 1 is 1.07 bits per heavy atom. The molecule has 1 heterocycles. The zero-order valence-corrected chi connectivity index (χ0v) is 22.6. The van der Waals surface area contributed by atoms with Crippen LogP contribution in [0.1, 0.15) is 55.8 Å². The fourth-order valence-corrected chi connectivity index (χ4v) is 4.87. The van der Waals surface area contributed by atoms with E-state index in [1.54, 1.807) is 19.1 Å². The van der Waals surface area contributed by atoms with Gasteiger partial charge in [-0.15, -0.1) is 13.2 Å². The first-order chi connectivity index (χ1) is 19.6. The molecule has 8 nitrogen and oxygen atoms in total. The van der Waals surface area contributed by atoms with Crippen LogP contribution in [0, 0.1) is 11.7 Å². The van der Waals surface area contributed by atoms with Crippen molar-refractivity contribution < 1.29 is 31.9 Å². The Kier molecular flexibility index (Phi) is 9.85. The molecule has 1 aromatic heterocycles. The molecule has 0 aliphatic heterocycles. The quantitative estimate of drug-likeness (QED) is 0.259. The van der Waals surface area contributed by atoms with Crippen molar-refractivity contribution in [1.82, 2.24) is 20.4 Å². The van der Waals surface area contributed by atoms with E-state index in [1.807, 2.05) is 0 Å². The van der Waals surface area contributed by atoms with E-state index in [4.69, 9.17) is 0 Å². The maximum atomic E-state index is 13.6. The van der Waals surface area contributed by atoms with Crippen molar-refractivity contribution in [3.63, 3.8) is 0 Å². The fourth-order valence-electron chi connectivity index (χ4n) is 4.87. The number of benzene rings is 2. The summed E-state index contributed by atoms with van der Waals surface area (Å²) in [6.45, 7) is 2.09. The second-order valence-corrected chi connectivity index (χ2v) is 10.3. The van der Waals surface area contributed by atoms with Gasteiger partial charge < -0.3 is 20.7 Å². The van der Waals surface area contributed by atoms with Crippen LogP contribution in [-0.2, 0) is 4.79 Å². The monoisotopic (exact) mass is 575 g/mol. The smallest absolute Gasteiger partial charge is 0.406 e. The summed E-state index contributed by atoms with van der Waals surface area (Å²) in [7, 11) is 0. The highest BCUT2D eigenvalue weighted by Crippen LogP contribution is 2.28. The van der Waals surface area contributed by atoms with E-state index in [9.17, 15) is 27.2 Å². The Labute approximate surface area is 235 Å². The standard InChI is InChI=1S/C29H33F4N5O3/c1-19(16-34-23-10-12-25(13-11-23)41-29(31,32)33)36-28(40)26(14-20-6-3-2-4-7-20)37-27(39)21-17-35-38(18-21)24-9-5-8-22(30)15-24/h5,8-13,15,17-20,26,34H,2-4,6-7,14,16H2,1H3,(H,36,40)(H,37,39)/t19-,26-/m0/s1. The van der Waals surface area contributed by atoms with E-state index in [0.29, 0.717) is 30.3 Å². The lowest BCUT2D eigenvalue weighted by molar-refractivity contribution is -0.274. The number of carbonyl (C=O) groups excluding carboxylic acids is 2. The minimum absolute atomic E-state index is 0.239. The van der Waals surface area contributed by atoms with Gasteiger partial charge in [-0.05, 0) is 61.7 Å². The highest BCUT2D eigenvalue weighted by atomic mass is 19.4. The minimum atomic E-state index is -4.76. The van der Waals surface area contributed by atoms with Crippen molar-refractivity contribution in [3.8, 4) is 11.4 Å². The van der Waals surface area contributed by atoms with Gasteiger partial charge in [-0.1, -0.05) is 38.2 Å². The molecule has 12 heteroatoms. The first-order valence-electron chi connectivity index (χ1n) is 13.6. The molecule has 0 saturated heterocycles. The molecule has 1 saturated carbocycles. The second-order valence-electron chi connectivity index (χ2n) is 10.3. The number of halogens is 4. The summed E-state index contributed by atoms with van der Waals surface area (Å²) in [6.07, 6.45) is 3.89. The van der Waals surface area contributed by atoms with Crippen LogP contribution in [0.5, 0.6) is 5.75 Å². The number of nitrogens with one attached hydrogen (secondary N) is 3. The lowest BCUT2D eigenvalue weighted by atomic mass is 9.84. The maximum absolute atomic E-state index is 13.6. The predicted octanol–water partition coefficient (Wildman–Crippen LogP) is 5.60. The summed E-state index contributed by atoms with van der Waals surface area (Å²) in [5, 5.41) is 13.0. The molecule has 0 radical (unpaired) electrons. The number of amides is 2. The summed E-state index contributed by atoms with van der Waals surface area (Å²) in [6, 6.07) is 10.00. The summed E-state index contributed by atoms with van der Waals surface area (Å²) < 4.78 is 56.0.